The van der Waals surface area contributed by atoms with Gasteiger partial charge < -0.3 is 10.1 Å². The molecular formula is C14H21Cl2FN2O. The van der Waals surface area contributed by atoms with Gasteiger partial charge in [0.2, 0.25) is 0 Å². The number of halogens is 3. The van der Waals surface area contributed by atoms with Crippen molar-refractivity contribution >= 4 is 24.8 Å². The summed E-state index contributed by atoms with van der Waals surface area (Å²) in [6.07, 6.45) is 1.79. The monoisotopic (exact) mass is 322 g/mol. The molecular weight excluding hydrogens is 302 g/mol. The number of nitrogens with zero attached hydrogens (tertiary/aromatic N) is 1. The van der Waals surface area contributed by atoms with Gasteiger partial charge in [-0.2, -0.15) is 0 Å². The van der Waals surface area contributed by atoms with Gasteiger partial charge in [-0.1, -0.05) is 18.2 Å². The largest absolute Gasteiger partial charge is 0.494 e. The van der Waals surface area contributed by atoms with E-state index >= 15 is 0 Å². The van der Waals surface area contributed by atoms with Gasteiger partial charge in [0, 0.05) is 31.7 Å². The maximum absolute atomic E-state index is 14.2. The molecule has 2 rings (SSSR count). The second-order valence-corrected chi connectivity index (χ2v) is 4.33. The zero-order valence-electron chi connectivity index (χ0n) is 11.5. The van der Waals surface area contributed by atoms with Gasteiger partial charge >= 0.3 is 0 Å². The van der Waals surface area contributed by atoms with E-state index in [4.69, 9.17) is 4.74 Å². The molecule has 0 aliphatic carbocycles. The summed E-state index contributed by atoms with van der Waals surface area (Å²) in [4.78, 5) is 2.22. The van der Waals surface area contributed by atoms with Crippen molar-refractivity contribution in [2.24, 2.45) is 0 Å². The molecule has 6 heteroatoms. The molecule has 0 bridgehead atoms. The second-order valence-electron chi connectivity index (χ2n) is 4.33. The molecule has 1 atom stereocenters. The van der Waals surface area contributed by atoms with Gasteiger partial charge in [-0.15, -0.1) is 31.4 Å². The Morgan fingerprint density at radius 3 is 2.55 bits per heavy atom. The smallest absolute Gasteiger partial charge is 0.170 e. The Morgan fingerprint density at radius 1 is 1.35 bits per heavy atom. The molecule has 1 aliphatic rings. The Labute approximate surface area is 132 Å². The van der Waals surface area contributed by atoms with Gasteiger partial charge in [0.15, 0.2) is 11.6 Å². The molecule has 0 saturated carbocycles. The Hall–Kier alpha value is -0.810. The molecule has 1 fully saturated rings. The van der Waals surface area contributed by atoms with Crippen molar-refractivity contribution in [3.05, 3.63) is 42.2 Å². The van der Waals surface area contributed by atoms with Crippen LogP contribution in [0.25, 0.3) is 0 Å². The summed E-state index contributed by atoms with van der Waals surface area (Å²) in [5.41, 5.74) is 0.631. The highest BCUT2D eigenvalue weighted by Gasteiger charge is 2.23. The number of ether oxygens (including phenoxy) is 1. The van der Waals surface area contributed by atoms with Crippen molar-refractivity contribution in [3.63, 3.8) is 0 Å². The van der Waals surface area contributed by atoms with E-state index in [1.54, 1.807) is 18.2 Å². The number of benzene rings is 1. The number of methoxy groups -OCH3 is 1. The highest BCUT2D eigenvalue weighted by atomic mass is 35.5. The molecule has 0 radical (unpaired) electrons. The van der Waals surface area contributed by atoms with E-state index in [9.17, 15) is 4.39 Å². The molecule has 1 aromatic rings. The molecule has 1 heterocycles. The minimum Gasteiger partial charge on any atom is -0.494 e. The molecule has 0 amide bonds. The summed E-state index contributed by atoms with van der Waals surface area (Å²) in [6, 6.07) is 5.15. The Balaban J connectivity index is 0.00000180. The van der Waals surface area contributed by atoms with Crippen LogP contribution in [0, 0.1) is 5.82 Å². The zero-order valence-corrected chi connectivity index (χ0v) is 13.1. The summed E-state index contributed by atoms with van der Waals surface area (Å²) in [5, 5.41) is 3.29. The van der Waals surface area contributed by atoms with Gasteiger partial charge in [-0.25, -0.2) is 4.39 Å². The number of rotatable bonds is 4. The lowest BCUT2D eigenvalue weighted by molar-refractivity contribution is 0.199. The highest BCUT2D eigenvalue weighted by molar-refractivity contribution is 5.85. The first-order chi connectivity index (χ1) is 8.77. The van der Waals surface area contributed by atoms with Crippen LogP contribution in [0.3, 0.4) is 0 Å². The fourth-order valence-electron chi connectivity index (χ4n) is 2.35. The van der Waals surface area contributed by atoms with Crippen LogP contribution in [0.5, 0.6) is 5.75 Å². The van der Waals surface area contributed by atoms with Crippen LogP contribution in [0.15, 0.2) is 30.9 Å². The minimum absolute atomic E-state index is 0. The fraction of sp³-hybridized carbons (Fsp3) is 0.429. The summed E-state index contributed by atoms with van der Waals surface area (Å²) in [6.45, 7) is 7.49. The van der Waals surface area contributed by atoms with E-state index in [0.717, 1.165) is 26.2 Å². The average molecular weight is 323 g/mol. The normalized spacial score (nSPS) is 16.5. The number of hydrogen-bond donors (Lipinski definition) is 1. The third kappa shape index (κ3) is 4.09. The molecule has 20 heavy (non-hydrogen) atoms. The minimum atomic E-state index is -0.288. The summed E-state index contributed by atoms with van der Waals surface area (Å²) in [5.74, 6) is -0.00193. The SMILES string of the molecule is C=C[C@@H](c1cccc(OC)c1F)N1CCNCC1.Cl.Cl. The van der Waals surface area contributed by atoms with E-state index in [0.29, 0.717) is 5.56 Å². The van der Waals surface area contributed by atoms with Crippen molar-refractivity contribution in [1.82, 2.24) is 10.2 Å². The Bertz CT molecular complexity index is 426. The van der Waals surface area contributed by atoms with Crippen LogP contribution in [0.1, 0.15) is 11.6 Å². The lowest BCUT2D eigenvalue weighted by Gasteiger charge is -2.33. The fourth-order valence-corrected chi connectivity index (χ4v) is 2.35. The number of hydrogen-bond acceptors (Lipinski definition) is 3. The standard InChI is InChI=1S/C14H19FN2O.2ClH/c1-3-12(17-9-7-16-8-10-17)11-5-4-6-13(18-2)14(11)15;;/h3-6,12,16H,1,7-10H2,2H3;2*1H/t12-;;/m0../s1. The summed E-state index contributed by atoms with van der Waals surface area (Å²) >= 11 is 0. The molecule has 0 aromatic heterocycles. The zero-order chi connectivity index (χ0) is 13.0. The van der Waals surface area contributed by atoms with E-state index in [1.165, 1.54) is 7.11 Å². The Kier molecular flexibility index (Phi) is 8.81. The third-order valence-corrected chi connectivity index (χ3v) is 3.30. The molecule has 1 aliphatic heterocycles. The maximum atomic E-state index is 14.2. The summed E-state index contributed by atoms with van der Waals surface area (Å²) in [7, 11) is 1.48. The van der Waals surface area contributed by atoms with Gasteiger partial charge in [0.25, 0.3) is 0 Å². The van der Waals surface area contributed by atoms with E-state index < -0.39 is 0 Å². The first-order valence-corrected chi connectivity index (χ1v) is 6.17. The molecule has 1 aromatic carbocycles. The lowest BCUT2D eigenvalue weighted by atomic mass is 10.0. The van der Waals surface area contributed by atoms with Gasteiger partial charge in [-0.05, 0) is 6.07 Å². The van der Waals surface area contributed by atoms with Gasteiger partial charge in [0.1, 0.15) is 0 Å². The lowest BCUT2D eigenvalue weighted by Crippen LogP contribution is -2.44. The van der Waals surface area contributed by atoms with E-state index in [1.807, 2.05) is 6.07 Å². The van der Waals surface area contributed by atoms with Crippen LogP contribution >= 0.6 is 24.8 Å². The van der Waals surface area contributed by atoms with E-state index in [2.05, 4.69) is 16.8 Å². The van der Waals surface area contributed by atoms with Gasteiger partial charge in [0.05, 0.1) is 13.2 Å². The molecule has 1 saturated heterocycles. The highest BCUT2D eigenvalue weighted by Crippen LogP contribution is 2.29. The molecule has 1 N–H and O–H groups in total. The number of nitrogens with one attached hydrogen (secondary N) is 1. The Morgan fingerprint density at radius 2 is 2.00 bits per heavy atom. The first kappa shape index (κ1) is 19.2. The average Bonchev–Trinajstić information content (AvgIpc) is 2.43. The van der Waals surface area contributed by atoms with Crippen molar-refractivity contribution < 1.29 is 9.13 Å². The van der Waals surface area contributed by atoms with Crippen molar-refractivity contribution in [3.8, 4) is 5.75 Å². The molecule has 0 spiro atoms. The van der Waals surface area contributed by atoms with Gasteiger partial charge in [-0.3, -0.25) is 4.90 Å². The molecule has 114 valence electrons. The van der Waals surface area contributed by atoms with Crippen LogP contribution < -0.4 is 10.1 Å². The summed E-state index contributed by atoms with van der Waals surface area (Å²) < 4.78 is 19.3. The van der Waals surface area contributed by atoms with Crippen molar-refractivity contribution in [2.45, 2.75) is 6.04 Å². The van der Waals surface area contributed by atoms with E-state index in [-0.39, 0.29) is 42.4 Å². The third-order valence-electron chi connectivity index (χ3n) is 3.30. The predicted octanol–water partition coefficient (Wildman–Crippen LogP) is 2.81. The topological polar surface area (TPSA) is 24.5 Å². The first-order valence-electron chi connectivity index (χ1n) is 6.17. The van der Waals surface area contributed by atoms with Crippen LogP contribution in [0.4, 0.5) is 4.39 Å². The van der Waals surface area contributed by atoms with Crippen LogP contribution in [-0.2, 0) is 0 Å². The molecule has 3 nitrogen and oxygen atoms in total. The van der Waals surface area contributed by atoms with Crippen LogP contribution in [-0.4, -0.2) is 38.2 Å². The second kappa shape index (κ2) is 9.19. The number of piperazine rings is 1. The quantitative estimate of drug-likeness (QED) is 0.863. The predicted molar refractivity (Wildman–Crippen MR) is 84.8 cm³/mol. The molecule has 0 unspecified atom stereocenters. The van der Waals surface area contributed by atoms with Crippen LogP contribution in [0.2, 0.25) is 0 Å². The van der Waals surface area contributed by atoms with Crippen molar-refractivity contribution in [2.75, 3.05) is 33.3 Å². The van der Waals surface area contributed by atoms with Crippen molar-refractivity contribution in [1.29, 1.82) is 0 Å². The maximum Gasteiger partial charge on any atom is 0.170 e.